The molecule has 3 aromatic heterocycles. The van der Waals surface area contributed by atoms with E-state index in [4.69, 9.17) is 0 Å². The molecule has 0 fully saturated rings. The Hall–Kier alpha value is -2.45. The van der Waals surface area contributed by atoms with Gasteiger partial charge in [-0.1, -0.05) is 6.07 Å². The van der Waals surface area contributed by atoms with Crippen molar-refractivity contribution in [1.82, 2.24) is 19.9 Å². The summed E-state index contributed by atoms with van der Waals surface area (Å²) in [7, 11) is 0. The normalized spacial score (nSPS) is 13.5. The smallest absolute Gasteiger partial charge is 0.225 e. The summed E-state index contributed by atoms with van der Waals surface area (Å²) in [5, 5.41) is 13.5. The zero-order valence-corrected chi connectivity index (χ0v) is 15.7. The van der Waals surface area contributed by atoms with Gasteiger partial charge in [-0.2, -0.15) is 4.98 Å². The van der Waals surface area contributed by atoms with Crippen LogP contribution in [-0.4, -0.2) is 36.9 Å². The fraction of sp³-hybridized carbons (Fsp3) is 0.389. The summed E-state index contributed by atoms with van der Waals surface area (Å²) in [5.41, 5.74) is 1.87. The molecule has 136 valence electrons. The molecule has 0 aliphatic carbocycles. The van der Waals surface area contributed by atoms with Gasteiger partial charge < -0.3 is 10.4 Å². The molecule has 0 aliphatic rings. The number of carbonyl (C=O) groups excluding carboxylic acids is 1. The molecule has 0 bridgehead atoms. The zero-order chi connectivity index (χ0) is 18.7. The molecule has 2 N–H and O–H groups in total. The van der Waals surface area contributed by atoms with Gasteiger partial charge in [-0.3, -0.25) is 9.78 Å². The molecule has 3 aromatic rings. The van der Waals surface area contributed by atoms with Gasteiger partial charge >= 0.3 is 0 Å². The Bertz CT molecular complexity index is 911. The lowest BCUT2D eigenvalue weighted by Gasteiger charge is -2.14. The average molecular weight is 371 g/mol. The van der Waals surface area contributed by atoms with Gasteiger partial charge in [0.25, 0.3) is 0 Å². The number of aliphatic hydroxyl groups is 1. The molecule has 0 saturated carbocycles. The summed E-state index contributed by atoms with van der Waals surface area (Å²) >= 11 is 1.41. The minimum absolute atomic E-state index is 0.0682. The second-order valence-corrected chi connectivity index (χ2v) is 7.45. The lowest BCUT2D eigenvalue weighted by Crippen LogP contribution is -2.13. The van der Waals surface area contributed by atoms with E-state index in [-0.39, 0.29) is 18.2 Å². The molecular weight excluding hydrogens is 350 g/mol. The molecule has 0 spiro atoms. The molecule has 26 heavy (non-hydrogen) atoms. The molecule has 7 nitrogen and oxygen atoms in total. The van der Waals surface area contributed by atoms with Crippen LogP contribution in [0.5, 0.6) is 0 Å². The van der Waals surface area contributed by atoms with Crippen LogP contribution in [-0.2, 0) is 0 Å². The van der Waals surface area contributed by atoms with Gasteiger partial charge in [0.05, 0.1) is 17.2 Å². The highest BCUT2D eigenvalue weighted by molar-refractivity contribution is 7.18. The van der Waals surface area contributed by atoms with Crippen molar-refractivity contribution >= 4 is 33.4 Å². The summed E-state index contributed by atoms with van der Waals surface area (Å²) in [5.74, 6) is 0.249. The van der Waals surface area contributed by atoms with E-state index in [0.29, 0.717) is 28.4 Å². The SMILES string of the molecule is Cc1nc2nc(N[C@@H](C)c3cccnc3)nc(C(=O)CCC(C)O)c2s1. The maximum absolute atomic E-state index is 12.6. The van der Waals surface area contributed by atoms with Gasteiger partial charge in [-0.05, 0) is 38.8 Å². The summed E-state index contributed by atoms with van der Waals surface area (Å²) in [6, 6.07) is 3.76. The van der Waals surface area contributed by atoms with Crippen LogP contribution in [0.2, 0.25) is 0 Å². The monoisotopic (exact) mass is 371 g/mol. The van der Waals surface area contributed by atoms with Gasteiger partial charge in [-0.15, -0.1) is 11.3 Å². The number of ketones is 1. The van der Waals surface area contributed by atoms with E-state index in [1.54, 1.807) is 19.3 Å². The number of thiazole rings is 1. The summed E-state index contributed by atoms with van der Waals surface area (Å²) < 4.78 is 0.692. The minimum Gasteiger partial charge on any atom is -0.393 e. The van der Waals surface area contributed by atoms with Crippen LogP contribution in [0.4, 0.5) is 5.95 Å². The Morgan fingerprint density at radius 3 is 2.81 bits per heavy atom. The van der Waals surface area contributed by atoms with Crippen LogP contribution in [0.3, 0.4) is 0 Å². The van der Waals surface area contributed by atoms with Crippen molar-refractivity contribution in [3.05, 3.63) is 40.8 Å². The van der Waals surface area contributed by atoms with Gasteiger partial charge in [-0.25, -0.2) is 9.97 Å². The third kappa shape index (κ3) is 4.20. The predicted octanol–water partition coefficient (Wildman–Crippen LogP) is 3.31. The number of aryl methyl sites for hydroxylation is 1. The fourth-order valence-electron chi connectivity index (χ4n) is 2.55. The van der Waals surface area contributed by atoms with E-state index in [1.165, 1.54) is 11.3 Å². The molecule has 8 heteroatoms. The van der Waals surface area contributed by atoms with Crippen molar-refractivity contribution in [3.8, 4) is 0 Å². The van der Waals surface area contributed by atoms with Crippen molar-refractivity contribution in [2.24, 2.45) is 0 Å². The Balaban J connectivity index is 1.92. The number of anilines is 1. The Morgan fingerprint density at radius 1 is 1.31 bits per heavy atom. The number of aromatic nitrogens is 4. The van der Waals surface area contributed by atoms with E-state index in [1.807, 2.05) is 26.0 Å². The van der Waals surface area contributed by atoms with Crippen LogP contribution in [0, 0.1) is 6.92 Å². The van der Waals surface area contributed by atoms with E-state index in [0.717, 1.165) is 10.6 Å². The first kappa shape index (κ1) is 18.3. The number of fused-ring (bicyclic) bond motifs is 1. The van der Waals surface area contributed by atoms with E-state index in [9.17, 15) is 9.90 Å². The highest BCUT2D eigenvalue weighted by Crippen LogP contribution is 2.27. The molecule has 3 heterocycles. The molecule has 0 aromatic carbocycles. The third-order valence-electron chi connectivity index (χ3n) is 3.94. The van der Waals surface area contributed by atoms with E-state index >= 15 is 0 Å². The van der Waals surface area contributed by atoms with Crippen LogP contribution < -0.4 is 5.32 Å². The molecule has 0 saturated heterocycles. The largest absolute Gasteiger partial charge is 0.393 e. The van der Waals surface area contributed by atoms with Gasteiger partial charge in [0.1, 0.15) is 10.4 Å². The maximum Gasteiger partial charge on any atom is 0.225 e. The number of nitrogens with zero attached hydrogens (tertiary/aromatic N) is 4. The van der Waals surface area contributed by atoms with Crippen LogP contribution in [0.15, 0.2) is 24.5 Å². The van der Waals surface area contributed by atoms with Gasteiger partial charge in [0, 0.05) is 18.8 Å². The lowest BCUT2D eigenvalue weighted by molar-refractivity contribution is 0.0946. The molecule has 2 atom stereocenters. The van der Waals surface area contributed by atoms with Crippen molar-refractivity contribution in [3.63, 3.8) is 0 Å². The summed E-state index contributed by atoms with van der Waals surface area (Å²) in [6.07, 6.45) is 3.60. The lowest BCUT2D eigenvalue weighted by atomic mass is 10.1. The second kappa shape index (κ2) is 7.84. The minimum atomic E-state index is -0.525. The highest BCUT2D eigenvalue weighted by atomic mass is 32.1. The van der Waals surface area contributed by atoms with Crippen LogP contribution in [0.25, 0.3) is 10.3 Å². The number of carbonyl (C=O) groups is 1. The average Bonchev–Trinajstić information content (AvgIpc) is 2.99. The Kier molecular flexibility index (Phi) is 5.53. The maximum atomic E-state index is 12.6. The first-order chi connectivity index (χ1) is 12.4. The standard InChI is InChI=1S/C18H21N5O2S/c1-10(24)6-7-14(25)15-16-17(21-12(3)26-16)23-18(22-15)20-11(2)13-5-4-8-19-9-13/h4-5,8-11,24H,6-7H2,1-3H3,(H,20,22,23)/t10?,11-/m0/s1. The van der Waals surface area contributed by atoms with Crippen molar-refractivity contribution in [2.75, 3.05) is 5.32 Å². The molecule has 0 radical (unpaired) electrons. The number of pyridine rings is 1. The van der Waals surface area contributed by atoms with Gasteiger partial charge in [0.15, 0.2) is 11.4 Å². The Labute approximate surface area is 155 Å². The second-order valence-electron chi connectivity index (χ2n) is 6.24. The summed E-state index contributed by atoms with van der Waals surface area (Å²) in [4.78, 5) is 30.1. The van der Waals surface area contributed by atoms with E-state index in [2.05, 4.69) is 25.3 Å². The number of rotatable bonds is 7. The first-order valence-corrected chi connectivity index (χ1v) is 9.28. The first-order valence-electron chi connectivity index (χ1n) is 8.47. The highest BCUT2D eigenvalue weighted by Gasteiger charge is 2.19. The molecule has 3 rings (SSSR count). The van der Waals surface area contributed by atoms with Crippen molar-refractivity contribution < 1.29 is 9.90 Å². The number of Topliss-reactive ketones (excluding diaryl/α,β-unsaturated/α-hetero) is 1. The number of aliphatic hydroxyl groups excluding tert-OH is 1. The molecule has 0 aliphatic heterocycles. The third-order valence-corrected chi connectivity index (χ3v) is 4.91. The van der Waals surface area contributed by atoms with E-state index < -0.39 is 6.10 Å². The topological polar surface area (TPSA) is 101 Å². The summed E-state index contributed by atoms with van der Waals surface area (Å²) in [6.45, 7) is 5.52. The quantitative estimate of drug-likeness (QED) is 0.614. The van der Waals surface area contributed by atoms with Crippen molar-refractivity contribution in [2.45, 2.75) is 45.8 Å². The fourth-order valence-corrected chi connectivity index (χ4v) is 3.42. The number of nitrogens with one attached hydrogen (secondary N) is 1. The van der Waals surface area contributed by atoms with Crippen LogP contribution >= 0.6 is 11.3 Å². The number of hydrogen-bond acceptors (Lipinski definition) is 8. The molecule has 0 amide bonds. The predicted molar refractivity (Wildman–Crippen MR) is 101 cm³/mol. The Morgan fingerprint density at radius 2 is 2.12 bits per heavy atom. The van der Waals surface area contributed by atoms with Gasteiger partial charge in [0.2, 0.25) is 5.95 Å². The van der Waals surface area contributed by atoms with Crippen LogP contribution in [0.1, 0.15) is 53.8 Å². The number of hydrogen-bond donors (Lipinski definition) is 2. The van der Waals surface area contributed by atoms with Crippen molar-refractivity contribution in [1.29, 1.82) is 0 Å². The molecular formula is C18H21N5O2S. The molecule has 1 unspecified atom stereocenters. The zero-order valence-electron chi connectivity index (χ0n) is 14.9.